The molecule has 5 heteroatoms. The minimum absolute atomic E-state index is 0.214. The maximum absolute atomic E-state index is 9.44. The Labute approximate surface area is 136 Å². The molecule has 2 N–H and O–H groups in total. The third-order valence-corrected chi connectivity index (χ3v) is 5.31. The van der Waals surface area contributed by atoms with Crippen molar-refractivity contribution in [1.29, 1.82) is 0 Å². The number of aliphatic hydroxyl groups is 1. The molecule has 1 aromatic heterocycles. The number of hydrogen-bond donors (Lipinski definition) is 2. The number of aromatic nitrogens is 1. The Bertz CT molecular complexity index is 557. The number of thiazole rings is 1. The van der Waals surface area contributed by atoms with E-state index in [2.05, 4.69) is 33.4 Å². The Balaban J connectivity index is 1.40. The first-order valence-electron chi connectivity index (χ1n) is 8.16. The van der Waals surface area contributed by atoms with E-state index in [1.807, 2.05) is 13.0 Å². The summed E-state index contributed by atoms with van der Waals surface area (Å²) in [4.78, 5) is 7.03. The smallest absolute Gasteiger partial charge is 0.108 e. The molecule has 120 valence electrons. The van der Waals surface area contributed by atoms with Gasteiger partial charge in [0.25, 0.3) is 0 Å². The van der Waals surface area contributed by atoms with Crippen LogP contribution in [0.15, 0.2) is 24.3 Å². The van der Waals surface area contributed by atoms with Crippen LogP contribution in [-0.4, -0.2) is 47.3 Å². The maximum Gasteiger partial charge on any atom is 0.108 e. The van der Waals surface area contributed by atoms with Crippen LogP contribution in [0.2, 0.25) is 0 Å². The highest BCUT2D eigenvalue weighted by atomic mass is 32.1. The van der Waals surface area contributed by atoms with Crippen molar-refractivity contribution in [1.82, 2.24) is 15.2 Å². The highest BCUT2D eigenvalue weighted by Crippen LogP contribution is 2.21. The van der Waals surface area contributed by atoms with E-state index in [0.717, 1.165) is 44.2 Å². The summed E-state index contributed by atoms with van der Waals surface area (Å²) < 4.78 is 1.27. The molecule has 1 fully saturated rings. The van der Waals surface area contributed by atoms with Gasteiger partial charge in [-0.05, 0) is 57.5 Å². The first-order chi connectivity index (χ1) is 10.7. The van der Waals surface area contributed by atoms with Crippen molar-refractivity contribution >= 4 is 21.6 Å². The number of rotatable bonds is 6. The molecule has 22 heavy (non-hydrogen) atoms. The van der Waals surface area contributed by atoms with Crippen LogP contribution < -0.4 is 5.32 Å². The zero-order valence-corrected chi connectivity index (χ0v) is 14.0. The Morgan fingerprint density at radius 2 is 2.14 bits per heavy atom. The van der Waals surface area contributed by atoms with Gasteiger partial charge in [-0.3, -0.25) is 0 Å². The lowest BCUT2D eigenvalue weighted by atomic mass is 9.96. The van der Waals surface area contributed by atoms with Crippen molar-refractivity contribution in [2.75, 3.05) is 26.2 Å². The molecule has 0 bridgehead atoms. The van der Waals surface area contributed by atoms with Crippen LogP contribution in [0.25, 0.3) is 10.2 Å². The van der Waals surface area contributed by atoms with E-state index >= 15 is 0 Å². The number of piperidine rings is 1. The highest BCUT2D eigenvalue weighted by Gasteiger charge is 2.19. The molecule has 0 spiro atoms. The van der Waals surface area contributed by atoms with Crippen molar-refractivity contribution in [2.24, 2.45) is 5.92 Å². The van der Waals surface area contributed by atoms with E-state index in [4.69, 9.17) is 0 Å². The molecular weight excluding hydrogens is 294 g/mol. The molecule has 2 heterocycles. The third kappa shape index (κ3) is 4.26. The summed E-state index contributed by atoms with van der Waals surface area (Å²) in [5.74, 6) is 0.750. The number of hydrogen-bond acceptors (Lipinski definition) is 5. The molecule has 0 saturated carbocycles. The third-order valence-electron chi connectivity index (χ3n) is 4.28. The molecule has 2 aromatic rings. The van der Waals surface area contributed by atoms with E-state index in [1.54, 1.807) is 11.3 Å². The topological polar surface area (TPSA) is 48.4 Å². The largest absolute Gasteiger partial charge is 0.392 e. The van der Waals surface area contributed by atoms with Gasteiger partial charge >= 0.3 is 0 Å². The van der Waals surface area contributed by atoms with E-state index < -0.39 is 0 Å². The fraction of sp³-hybridized carbons (Fsp3) is 0.588. The zero-order chi connectivity index (χ0) is 15.4. The molecule has 3 rings (SSSR count). The normalized spacial score (nSPS) is 18.8. The van der Waals surface area contributed by atoms with Crippen LogP contribution in [0.4, 0.5) is 0 Å². The molecule has 1 aromatic carbocycles. The average molecular weight is 319 g/mol. The minimum atomic E-state index is -0.214. The molecule has 1 atom stereocenters. The van der Waals surface area contributed by atoms with Gasteiger partial charge in [-0.15, -0.1) is 11.3 Å². The second-order valence-electron chi connectivity index (χ2n) is 6.30. The first-order valence-corrected chi connectivity index (χ1v) is 8.98. The first kappa shape index (κ1) is 15.9. The average Bonchev–Trinajstić information content (AvgIpc) is 2.91. The van der Waals surface area contributed by atoms with Crippen LogP contribution in [0, 0.1) is 5.92 Å². The lowest BCUT2D eigenvalue weighted by Gasteiger charge is -2.32. The second kappa shape index (κ2) is 7.51. The summed E-state index contributed by atoms with van der Waals surface area (Å²) in [5, 5.41) is 14.2. The van der Waals surface area contributed by atoms with Gasteiger partial charge in [0.05, 0.1) is 16.3 Å². The van der Waals surface area contributed by atoms with Gasteiger partial charge in [-0.1, -0.05) is 12.1 Å². The van der Waals surface area contributed by atoms with Crippen molar-refractivity contribution in [3.05, 3.63) is 29.3 Å². The number of β-amino-alcohol motifs (C(OH)–C–C–N with tert-alkyl or cyclic N) is 1. The van der Waals surface area contributed by atoms with E-state index in [9.17, 15) is 5.11 Å². The number of para-hydroxylation sites is 1. The van der Waals surface area contributed by atoms with Gasteiger partial charge in [0, 0.05) is 13.1 Å². The predicted octanol–water partition coefficient (Wildman–Crippen LogP) is 2.48. The summed E-state index contributed by atoms with van der Waals surface area (Å²) in [6, 6.07) is 8.32. The molecule has 1 unspecified atom stereocenters. The Kier molecular flexibility index (Phi) is 5.41. The molecule has 1 saturated heterocycles. The minimum Gasteiger partial charge on any atom is -0.392 e. The molecule has 1 aliphatic rings. The number of nitrogens with zero attached hydrogens (tertiary/aromatic N) is 2. The molecule has 0 radical (unpaired) electrons. The summed E-state index contributed by atoms with van der Waals surface area (Å²) in [5.41, 5.74) is 1.11. The van der Waals surface area contributed by atoms with Crippen LogP contribution in [-0.2, 0) is 6.54 Å². The van der Waals surface area contributed by atoms with Crippen molar-refractivity contribution < 1.29 is 5.11 Å². The van der Waals surface area contributed by atoms with E-state index in [-0.39, 0.29) is 6.10 Å². The fourth-order valence-corrected chi connectivity index (χ4v) is 4.06. The highest BCUT2D eigenvalue weighted by molar-refractivity contribution is 7.18. The van der Waals surface area contributed by atoms with Gasteiger partial charge in [0.1, 0.15) is 5.01 Å². The van der Waals surface area contributed by atoms with Gasteiger partial charge in [-0.2, -0.15) is 0 Å². The van der Waals surface area contributed by atoms with Crippen LogP contribution in [0.3, 0.4) is 0 Å². The molecule has 0 amide bonds. The quantitative estimate of drug-likeness (QED) is 0.859. The number of nitrogens with one attached hydrogen (secondary N) is 1. The Morgan fingerprint density at radius 1 is 1.36 bits per heavy atom. The maximum atomic E-state index is 9.44. The standard InChI is InChI=1S/C17H25N3OS/c1-13(21)12-20-8-6-14(7-9-20)10-18-11-17-19-15-4-2-3-5-16(15)22-17/h2-5,13-14,18,21H,6-12H2,1H3. The van der Waals surface area contributed by atoms with Crippen LogP contribution in [0.5, 0.6) is 0 Å². The summed E-state index contributed by atoms with van der Waals surface area (Å²) >= 11 is 1.78. The number of benzene rings is 1. The SMILES string of the molecule is CC(O)CN1CCC(CNCc2nc3ccccc3s2)CC1. The number of aliphatic hydroxyl groups excluding tert-OH is 1. The van der Waals surface area contributed by atoms with Crippen molar-refractivity contribution in [3.63, 3.8) is 0 Å². The van der Waals surface area contributed by atoms with Gasteiger partial charge in [0.2, 0.25) is 0 Å². The van der Waals surface area contributed by atoms with Gasteiger partial charge in [0.15, 0.2) is 0 Å². The molecular formula is C17H25N3OS. The lowest BCUT2D eigenvalue weighted by molar-refractivity contribution is 0.0998. The Morgan fingerprint density at radius 3 is 2.86 bits per heavy atom. The lowest BCUT2D eigenvalue weighted by Crippen LogP contribution is -2.40. The summed E-state index contributed by atoms with van der Waals surface area (Å²) in [6.07, 6.45) is 2.23. The van der Waals surface area contributed by atoms with Crippen LogP contribution >= 0.6 is 11.3 Å². The zero-order valence-electron chi connectivity index (χ0n) is 13.2. The van der Waals surface area contributed by atoms with Gasteiger partial charge < -0.3 is 15.3 Å². The molecule has 4 nitrogen and oxygen atoms in total. The summed E-state index contributed by atoms with van der Waals surface area (Å²) in [7, 11) is 0. The van der Waals surface area contributed by atoms with E-state index in [0.29, 0.717) is 0 Å². The number of likely N-dealkylation sites (tertiary alicyclic amines) is 1. The molecule has 1 aliphatic heterocycles. The second-order valence-corrected chi connectivity index (χ2v) is 7.41. The summed E-state index contributed by atoms with van der Waals surface area (Å²) in [6.45, 7) is 6.83. The predicted molar refractivity (Wildman–Crippen MR) is 92.2 cm³/mol. The molecule has 0 aliphatic carbocycles. The van der Waals surface area contributed by atoms with Crippen LogP contribution in [0.1, 0.15) is 24.8 Å². The van der Waals surface area contributed by atoms with E-state index in [1.165, 1.54) is 22.5 Å². The van der Waals surface area contributed by atoms with Crippen molar-refractivity contribution in [2.45, 2.75) is 32.4 Å². The number of fused-ring (bicyclic) bond motifs is 1. The monoisotopic (exact) mass is 319 g/mol. The van der Waals surface area contributed by atoms with Gasteiger partial charge in [-0.25, -0.2) is 4.98 Å². The van der Waals surface area contributed by atoms with Crippen molar-refractivity contribution in [3.8, 4) is 0 Å². The Hall–Kier alpha value is -1.01. The fourth-order valence-electron chi connectivity index (χ4n) is 3.13.